The van der Waals surface area contributed by atoms with Gasteiger partial charge in [-0.05, 0) is 55.9 Å². The predicted octanol–water partition coefficient (Wildman–Crippen LogP) is 4.77. The van der Waals surface area contributed by atoms with Crippen molar-refractivity contribution in [3.8, 4) is 5.82 Å². The number of nitrogens with zero attached hydrogens (tertiary/aromatic N) is 5. The number of halogens is 2. The molecule has 4 heterocycles. The van der Waals surface area contributed by atoms with Crippen molar-refractivity contribution < 1.29 is 13.9 Å². The van der Waals surface area contributed by atoms with Crippen molar-refractivity contribution in [2.75, 3.05) is 26.3 Å². The molecule has 3 aromatic rings. The van der Waals surface area contributed by atoms with Crippen LogP contribution in [0, 0.1) is 19.7 Å². The van der Waals surface area contributed by atoms with Crippen molar-refractivity contribution in [1.82, 2.24) is 24.6 Å². The number of Topliss-reactive ketones (excluding diaryl/α,β-unsaturated/α-hetero) is 1. The lowest BCUT2D eigenvalue weighted by atomic mass is 9.90. The lowest BCUT2D eigenvalue weighted by Gasteiger charge is -2.36. The lowest BCUT2D eigenvalue weighted by Crippen LogP contribution is -2.43. The Hall–Kier alpha value is -2.94. The SMILES string of the molecule is Cc1cc(CC(=O)c2cnn(-c3ncc(Cl)cc3F)c2C)cnc1C1=CCC(N2CCOCC2)CC1. The Morgan fingerprint density at radius 2 is 1.97 bits per heavy atom. The fraction of sp³-hybridized carbons (Fsp3) is 0.407. The summed E-state index contributed by atoms with van der Waals surface area (Å²) >= 11 is 5.80. The normalized spacial score (nSPS) is 18.8. The minimum Gasteiger partial charge on any atom is -0.379 e. The Bertz CT molecular complexity index is 1320. The molecule has 1 saturated heterocycles. The second-order valence-electron chi connectivity index (χ2n) is 9.43. The highest BCUT2D eigenvalue weighted by Gasteiger charge is 2.24. The highest BCUT2D eigenvalue weighted by Crippen LogP contribution is 2.30. The molecule has 0 N–H and O–H groups in total. The van der Waals surface area contributed by atoms with Crippen LogP contribution in [0.3, 0.4) is 0 Å². The molecule has 188 valence electrons. The van der Waals surface area contributed by atoms with Gasteiger partial charge in [0.1, 0.15) is 0 Å². The number of ketones is 1. The largest absolute Gasteiger partial charge is 0.379 e. The van der Waals surface area contributed by atoms with E-state index in [4.69, 9.17) is 21.3 Å². The number of rotatable bonds is 6. The number of carbonyl (C=O) groups is 1. The summed E-state index contributed by atoms with van der Waals surface area (Å²) in [5.41, 5.74) is 5.15. The molecule has 0 saturated carbocycles. The molecule has 0 aromatic carbocycles. The van der Waals surface area contributed by atoms with Gasteiger partial charge in [-0.2, -0.15) is 5.10 Å². The first-order valence-corrected chi connectivity index (χ1v) is 12.6. The van der Waals surface area contributed by atoms with E-state index in [9.17, 15) is 9.18 Å². The number of aryl methyl sites for hydroxylation is 1. The molecule has 5 rings (SSSR count). The minimum absolute atomic E-state index is 0.00873. The van der Waals surface area contributed by atoms with Crippen molar-refractivity contribution in [3.63, 3.8) is 0 Å². The third kappa shape index (κ3) is 5.12. The van der Waals surface area contributed by atoms with Crippen LogP contribution in [-0.4, -0.2) is 62.8 Å². The van der Waals surface area contributed by atoms with Crippen molar-refractivity contribution in [3.05, 3.63) is 75.7 Å². The summed E-state index contributed by atoms with van der Waals surface area (Å²) in [6.07, 6.45) is 10.3. The van der Waals surface area contributed by atoms with Gasteiger partial charge in [-0.3, -0.25) is 14.7 Å². The maximum atomic E-state index is 14.3. The molecular formula is C27H29ClFN5O2. The van der Waals surface area contributed by atoms with Crippen LogP contribution >= 0.6 is 11.6 Å². The maximum absolute atomic E-state index is 14.3. The van der Waals surface area contributed by atoms with Crippen LogP contribution in [0.15, 0.2) is 36.8 Å². The molecule has 7 nitrogen and oxygen atoms in total. The summed E-state index contributed by atoms with van der Waals surface area (Å²) in [5.74, 6) is -0.696. The zero-order valence-electron chi connectivity index (χ0n) is 20.5. The van der Waals surface area contributed by atoms with E-state index in [1.54, 1.807) is 13.1 Å². The summed E-state index contributed by atoms with van der Waals surface area (Å²) in [5, 5.41) is 4.39. The Balaban J connectivity index is 1.27. The van der Waals surface area contributed by atoms with Crippen LogP contribution < -0.4 is 0 Å². The smallest absolute Gasteiger partial charge is 0.190 e. The van der Waals surface area contributed by atoms with Crippen LogP contribution in [0.25, 0.3) is 11.4 Å². The molecule has 1 atom stereocenters. The third-order valence-corrected chi connectivity index (χ3v) is 7.25. The second-order valence-corrected chi connectivity index (χ2v) is 9.87. The molecule has 9 heteroatoms. The van der Waals surface area contributed by atoms with E-state index in [-0.39, 0.29) is 23.0 Å². The average Bonchev–Trinajstić information content (AvgIpc) is 3.26. The van der Waals surface area contributed by atoms with Crippen LogP contribution in [-0.2, 0) is 11.2 Å². The van der Waals surface area contributed by atoms with E-state index < -0.39 is 5.82 Å². The Kier molecular flexibility index (Phi) is 7.27. The quantitative estimate of drug-likeness (QED) is 0.446. The fourth-order valence-corrected chi connectivity index (χ4v) is 5.26. The summed E-state index contributed by atoms with van der Waals surface area (Å²) in [6.45, 7) is 7.44. The van der Waals surface area contributed by atoms with Gasteiger partial charge in [0, 0.05) is 37.9 Å². The number of aromatic nitrogens is 4. The van der Waals surface area contributed by atoms with E-state index in [0.29, 0.717) is 17.3 Å². The number of ether oxygens (including phenoxy) is 1. The highest BCUT2D eigenvalue weighted by atomic mass is 35.5. The van der Waals surface area contributed by atoms with Crippen molar-refractivity contribution in [2.24, 2.45) is 0 Å². The summed E-state index contributed by atoms with van der Waals surface area (Å²) < 4.78 is 21.1. The van der Waals surface area contributed by atoms with Crippen LogP contribution in [0.1, 0.15) is 52.1 Å². The Morgan fingerprint density at radius 1 is 1.17 bits per heavy atom. The molecule has 0 amide bonds. The molecule has 0 bridgehead atoms. The molecule has 0 radical (unpaired) electrons. The third-order valence-electron chi connectivity index (χ3n) is 7.05. The summed E-state index contributed by atoms with van der Waals surface area (Å²) in [6, 6.07) is 3.79. The highest BCUT2D eigenvalue weighted by molar-refractivity contribution is 6.30. The molecule has 1 fully saturated rings. The first kappa shape index (κ1) is 24.7. The molecule has 3 aromatic heterocycles. The van der Waals surface area contributed by atoms with Crippen molar-refractivity contribution >= 4 is 23.0 Å². The Morgan fingerprint density at radius 3 is 2.67 bits per heavy atom. The zero-order valence-corrected chi connectivity index (χ0v) is 21.3. The van der Waals surface area contributed by atoms with Gasteiger partial charge >= 0.3 is 0 Å². The molecule has 36 heavy (non-hydrogen) atoms. The topological polar surface area (TPSA) is 73.1 Å². The number of morpholine rings is 1. The summed E-state index contributed by atoms with van der Waals surface area (Å²) in [7, 11) is 0. The predicted molar refractivity (Wildman–Crippen MR) is 136 cm³/mol. The molecule has 1 aliphatic carbocycles. The standard InChI is InChI=1S/C27H29ClFN5O2/c1-17-11-19(14-30-26(17)20-3-5-22(6-4-20)33-7-9-36-10-8-33)12-25(35)23-16-32-34(18(23)2)27-24(29)13-21(28)15-31-27/h3,11,13-16,22H,4-10,12H2,1-2H3. The van der Waals surface area contributed by atoms with E-state index in [1.165, 1.54) is 28.7 Å². The molecule has 1 aliphatic heterocycles. The van der Waals surface area contributed by atoms with E-state index in [0.717, 1.165) is 62.4 Å². The van der Waals surface area contributed by atoms with Gasteiger partial charge in [0.25, 0.3) is 0 Å². The molecule has 1 unspecified atom stereocenters. The van der Waals surface area contributed by atoms with Gasteiger partial charge in [-0.25, -0.2) is 14.1 Å². The van der Waals surface area contributed by atoms with E-state index in [2.05, 4.69) is 21.1 Å². The lowest BCUT2D eigenvalue weighted by molar-refractivity contribution is 0.0150. The molecule has 2 aliphatic rings. The van der Waals surface area contributed by atoms with Crippen molar-refractivity contribution in [2.45, 2.75) is 45.6 Å². The van der Waals surface area contributed by atoms with Crippen LogP contribution in [0.2, 0.25) is 5.02 Å². The van der Waals surface area contributed by atoms with Gasteiger partial charge in [0.05, 0.1) is 41.4 Å². The van der Waals surface area contributed by atoms with Gasteiger partial charge in [-0.1, -0.05) is 23.7 Å². The van der Waals surface area contributed by atoms with Gasteiger partial charge in [0.2, 0.25) is 0 Å². The number of allylic oxidation sites excluding steroid dienone is 1. The van der Waals surface area contributed by atoms with Gasteiger partial charge in [-0.15, -0.1) is 0 Å². The number of hydrogen-bond acceptors (Lipinski definition) is 6. The average molecular weight is 510 g/mol. The number of pyridine rings is 2. The first-order chi connectivity index (χ1) is 17.4. The maximum Gasteiger partial charge on any atom is 0.190 e. The van der Waals surface area contributed by atoms with E-state index in [1.807, 2.05) is 13.0 Å². The van der Waals surface area contributed by atoms with Crippen LogP contribution in [0.5, 0.6) is 0 Å². The van der Waals surface area contributed by atoms with Crippen molar-refractivity contribution in [1.29, 1.82) is 0 Å². The fourth-order valence-electron chi connectivity index (χ4n) is 5.12. The van der Waals surface area contributed by atoms with Crippen LogP contribution in [0.4, 0.5) is 4.39 Å². The monoisotopic (exact) mass is 509 g/mol. The molecule has 0 spiro atoms. The zero-order chi connectivity index (χ0) is 25.2. The first-order valence-electron chi connectivity index (χ1n) is 12.3. The summed E-state index contributed by atoms with van der Waals surface area (Å²) in [4.78, 5) is 24.4. The van der Waals surface area contributed by atoms with Gasteiger partial charge < -0.3 is 4.74 Å². The van der Waals surface area contributed by atoms with Gasteiger partial charge in [0.15, 0.2) is 17.4 Å². The van der Waals surface area contributed by atoms with E-state index >= 15 is 0 Å². The number of carbonyl (C=O) groups excluding carboxylic acids is 1. The molecular weight excluding hydrogens is 481 g/mol. The minimum atomic E-state index is -0.601. The Labute approximate surface area is 215 Å². The number of hydrogen-bond donors (Lipinski definition) is 0. The second kappa shape index (κ2) is 10.6.